The van der Waals surface area contributed by atoms with Gasteiger partial charge in [0.2, 0.25) is 0 Å². The summed E-state index contributed by atoms with van der Waals surface area (Å²) in [6.07, 6.45) is 2.51. The molecular formula is C29H22N2P+. The molecule has 0 radical (unpaired) electrons. The number of nitrogens with zero attached hydrogens (tertiary/aromatic N) is 2. The lowest BCUT2D eigenvalue weighted by Gasteiger charge is -2.27. The minimum atomic E-state index is -1.95. The van der Waals surface area contributed by atoms with Gasteiger partial charge in [0.05, 0.1) is 6.16 Å². The largest absolute Gasteiger partial charge is 0.192 e. The van der Waals surface area contributed by atoms with Crippen molar-refractivity contribution in [2.45, 2.75) is 6.16 Å². The zero-order valence-electron chi connectivity index (χ0n) is 17.6. The topological polar surface area (TPSA) is 47.6 Å². The van der Waals surface area contributed by atoms with Gasteiger partial charge in [-0.15, -0.1) is 0 Å². The van der Waals surface area contributed by atoms with Crippen LogP contribution >= 0.6 is 7.26 Å². The molecule has 2 nitrogen and oxygen atoms in total. The van der Waals surface area contributed by atoms with Gasteiger partial charge in [-0.1, -0.05) is 78.9 Å². The summed E-state index contributed by atoms with van der Waals surface area (Å²) in [4.78, 5) is 0. The van der Waals surface area contributed by atoms with Gasteiger partial charge >= 0.3 is 0 Å². The van der Waals surface area contributed by atoms with Crippen LogP contribution < -0.4 is 15.9 Å². The van der Waals surface area contributed by atoms with Crippen molar-refractivity contribution in [2.24, 2.45) is 0 Å². The average molecular weight is 429 g/mol. The van der Waals surface area contributed by atoms with Gasteiger partial charge in [0.1, 0.15) is 40.9 Å². The first kappa shape index (κ1) is 21.3. The fraction of sp³-hybridized carbons (Fsp3) is 0.0345. The normalized spacial score (nSPS) is 10.6. The minimum Gasteiger partial charge on any atom is -0.192 e. The van der Waals surface area contributed by atoms with Crippen molar-refractivity contribution in [2.75, 3.05) is 0 Å². The molecule has 0 N–H and O–H groups in total. The van der Waals surface area contributed by atoms with Crippen molar-refractivity contribution >= 4 is 29.3 Å². The lowest BCUT2D eigenvalue weighted by molar-refractivity contribution is 1.38. The minimum absolute atomic E-state index is 0.109. The van der Waals surface area contributed by atoms with E-state index in [1.165, 1.54) is 21.5 Å². The second-order valence-corrected chi connectivity index (χ2v) is 11.0. The van der Waals surface area contributed by atoms with Gasteiger partial charge in [-0.05, 0) is 53.6 Å². The fourth-order valence-electron chi connectivity index (χ4n) is 4.02. The van der Waals surface area contributed by atoms with E-state index in [9.17, 15) is 0 Å². The molecule has 0 saturated heterocycles. The van der Waals surface area contributed by atoms with Crippen molar-refractivity contribution in [1.29, 1.82) is 10.5 Å². The average Bonchev–Trinajstić information content (AvgIpc) is 2.88. The summed E-state index contributed by atoms with van der Waals surface area (Å²) in [5.74, 6) is 0. The Hall–Kier alpha value is -3.97. The van der Waals surface area contributed by atoms with E-state index in [1.54, 1.807) is 6.08 Å². The van der Waals surface area contributed by atoms with E-state index in [2.05, 4.69) is 103 Å². The van der Waals surface area contributed by atoms with Crippen LogP contribution in [0.1, 0.15) is 11.1 Å². The van der Waals surface area contributed by atoms with Crippen LogP contribution in [0.4, 0.5) is 0 Å². The third-order valence-corrected chi connectivity index (χ3v) is 9.92. The fourth-order valence-corrected chi connectivity index (χ4v) is 8.26. The molecule has 0 aliphatic rings. The monoisotopic (exact) mass is 429 g/mol. The molecule has 0 aliphatic carbocycles. The molecule has 0 fully saturated rings. The molecule has 0 amide bonds. The van der Waals surface area contributed by atoms with E-state index in [0.29, 0.717) is 0 Å². The second-order valence-electron chi connectivity index (χ2n) is 7.50. The molecule has 0 heterocycles. The van der Waals surface area contributed by atoms with E-state index in [4.69, 9.17) is 10.5 Å². The van der Waals surface area contributed by atoms with Gasteiger partial charge in [0, 0.05) is 0 Å². The van der Waals surface area contributed by atoms with Gasteiger partial charge in [-0.25, -0.2) is 0 Å². The number of hydrogen-bond donors (Lipinski definition) is 0. The number of benzene rings is 4. The van der Waals surface area contributed by atoms with Crippen LogP contribution in [0.3, 0.4) is 0 Å². The highest BCUT2D eigenvalue weighted by molar-refractivity contribution is 7.95. The second kappa shape index (κ2) is 9.89. The SMILES string of the molecule is N#CC(C#N)=Cc1ccc(C[P+](c2ccccc2)(c2ccccc2)c2ccccc2)cc1. The maximum atomic E-state index is 9.04. The maximum Gasteiger partial charge on any atom is 0.130 e. The first-order valence-corrected chi connectivity index (χ1v) is 12.4. The summed E-state index contributed by atoms with van der Waals surface area (Å²) < 4.78 is 0. The lowest BCUT2D eigenvalue weighted by atomic mass is 10.1. The van der Waals surface area contributed by atoms with Crippen molar-refractivity contribution in [3.8, 4) is 12.1 Å². The Morgan fingerprint density at radius 2 is 1.00 bits per heavy atom. The summed E-state index contributed by atoms with van der Waals surface area (Å²) >= 11 is 0. The van der Waals surface area contributed by atoms with E-state index in [-0.39, 0.29) is 5.57 Å². The highest BCUT2D eigenvalue weighted by atomic mass is 31.2. The van der Waals surface area contributed by atoms with Crippen molar-refractivity contribution in [1.82, 2.24) is 0 Å². The standard InChI is InChI=1S/C29H22N2P/c30-21-26(22-31)20-24-16-18-25(19-17-24)23-32(27-10-4-1-5-11-27,28-12-6-2-7-13-28)29-14-8-3-9-15-29/h1-20H,23H2/q+1. The highest BCUT2D eigenvalue weighted by Crippen LogP contribution is 2.58. The molecule has 0 spiro atoms. The van der Waals surface area contributed by atoms with Crippen LogP contribution in [0.15, 0.2) is 121 Å². The van der Waals surface area contributed by atoms with Gasteiger partial charge in [0.25, 0.3) is 0 Å². The number of hydrogen-bond acceptors (Lipinski definition) is 2. The van der Waals surface area contributed by atoms with Crippen molar-refractivity contribution < 1.29 is 0 Å². The van der Waals surface area contributed by atoms with Crippen molar-refractivity contribution in [3.05, 3.63) is 132 Å². The third kappa shape index (κ3) is 4.38. The quantitative estimate of drug-likeness (QED) is 0.295. The number of rotatable bonds is 6. The molecule has 3 heteroatoms. The molecule has 0 aliphatic heterocycles. The van der Waals surface area contributed by atoms with Crippen LogP contribution in [0.25, 0.3) is 6.08 Å². The summed E-state index contributed by atoms with van der Waals surface area (Å²) in [5.41, 5.74) is 2.19. The summed E-state index contributed by atoms with van der Waals surface area (Å²) in [6.45, 7) is 0. The molecule has 4 rings (SSSR count). The lowest BCUT2D eigenvalue weighted by Crippen LogP contribution is -2.32. The molecule has 0 saturated carbocycles. The Morgan fingerprint density at radius 3 is 1.38 bits per heavy atom. The highest BCUT2D eigenvalue weighted by Gasteiger charge is 2.45. The van der Waals surface area contributed by atoms with Crippen LogP contribution in [-0.2, 0) is 6.16 Å². The van der Waals surface area contributed by atoms with Gasteiger partial charge in [0.15, 0.2) is 0 Å². The van der Waals surface area contributed by atoms with E-state index < -0.39 is 7.26 Å². The van der Waals surface area contributed by atoms with Gasteiger partial charge < -0.3 is 0 Å². The van der Waals surface area contributed by atoms with E-state index in [0.717, 1.165) is 11.7 Å². The van der Waals surface area contributed by atoms with Crippen LogP contribution in [0.5, 0.6) is 0 Å². The summed E-state index contributed by atoms with van der Waals surface area (Å²) in [6, 6.07) is 44.4. The Labute approximate surface area is 190 Å². The summed E-state index contributed by atoms with van der Waals surface area (Å²) in [7, 11) is -1.95. The Morgan fingerprint density at radius 1 is 0.594 bits per heavy atom. The van der Waals surface area contributed by atoms with Crippen LogP contribution in [-0.4, -0.2) is 0 Å². The molecule has 0 unspecified atom stereocenters. The van der Waals surface area contributed by atoms with Crippen molar-refractivity contribution in [3.63, 3.8) is 0 Å². The number of allylic oxidation sites excluding steroid dienone is 1. The first-order chi connectivity index (χ1) is 15.8. The van der Waals surface area contributed by atoms with Gasteiger partial charge in [-0.2, -0.15) is 10.5 Å². The first-order valence-electron chi connectivity index (χ1n) is 10.4. The molecular weight excluding hydrogens is 407 g/mol. The van der Waals surface area contributed by atoms with E-state index >= 15 is 0 Å². The maximum absolute atomic E-state index is 9.04. The molecule has 32 heavy (non-hydrogen) atoms. The zero-order valence-corrected chi connectivity index (χ0v) is 18.5. The zero-order chi connectivity index (χ0) is 22.2. The summed E-state index contributed by atoms with van der Waals surface area (Å²) in [5, 5.41) is 22.1. The van der Waals surface area contributed by atoms with Gasteiger partial charge in [-0.3, -0.25) is 0 Å². The molecule has 0 bridgehead atoms. The van der Waals surface area contributed by atoms with E-state index in [1.807, 2.05) is 24.3 Å². The number of nitriles is 2. The predicted molar refractivity (Wildman–Crippen MR) is 134 cm³/mol. The Kier molecular flexibility index (Phi) is 6.57. The Balaban J connectivity index is 1.87. The molecule has 0 aromatic heterocycles. The molecule has 4 aromatic rings. The smallest absolute Gasteiger partial charge is 0.130 e. The third-order valence-electron chi connectivity index (χ3n) is 5.54. The Bertz CT molecular complexity index is 1170. The predicted octanol–water partition coefficient (Wildman–Crippen LogP) is 5.61. The van der Waals surface area contributed by atoms with Crippen LogP contribution in [0.2, 0.25) is 0 Å². The molecule has 0 atom stereocenters. The molecule has 152 valence electrons. The molecule has 4 aromatic carbocycles. The van der Waals surface area contributed by atoms with Crippen LogP contribution in [0, 0.1) is 22.7 Å².